The zero-order valence-corrected chi connectivity index (χ0v) is 15.8. The second-order valence-corrected chi connectivity index (χ2v) is 6.55. The quantitative estimate of drug-likeness (QED) is 0.815. The fourth-order valence-electron chi connectivity index (χ4n) is 3.31. The van der Waals surface area contributed by atoms with Crippen molar-refractivity contribution in [3.8, 4) is 0 Å². The number of hydrogen-bond acceptors (Lipinski definition) is 6. The van der Waals surface area contributed by atoms with E-state index < -0.39 is 12.0 Å². The number of pyridine rings is 1. The molecule has 2 aromatic heterocycles. The topological polar surface area (TPSA) is 104 Å². The Morgan fingerprint density at radius 1 is 1.30 bits per heavy atom. The van der Waals surface area contributed by atoms with Crippen molar-refractivity contribution in [1.29, 1.82) is 0 Å². The van der Waals surface area contributed by atoms with E-state index in [-0.39, 0.29) is 19.0 Å². The van der Waals surface area contributed by atoms with E-state index in [9.17, 15) is 14.7 Å². The third kappa shape index (κ3) is 3.62. The van der Waals surface area contributed by atoms with Gasteiger partial charge in [-0.15, -0.1) is 10.2 Å². The molecule has 1 aliphatic rings. The molecule has 144 valence electrons. The monoisotopic (exact) mass is 372 g/mol. The fourth-order valence-corrected chi connectivity index (χ4v) is 3.31. The smallest absolute Gasteiger partial charge is 0.328 e. The second-order valence-electron chi connectivity index (χ2n) is 6.55. The molecule has 1 atom stereocenters. The predicted octanol–water partition coefficient (Wildman–Crippen LogP) is 1.33. The van der Waals surface area contributed by atoms with Crippen LogP contribution in [0.2, 0.25) is 0 Å². The van der Waals surface area contributed by atoms with Crippen molar-refractivity contribution >= 4 is 17.7 Å². The van der Waals surface area contributed by atoms with E-state index in [0.717, 1.165) is 25.3 Å². The molecule has 9 nitrogen and oxygen atoms in total. The number of carbonyl (C=O) groups excluding carboxylic acids is 1. The molecule has 27 heavy (non-hydrogen) atoms. The third-order valence-corrected chi connectivity index (χ3v) is 4.80. The molecular weight excluding hydrogens is 348 g/mol. The van der Waals surface area contributed by atoms with Crippen LogP contribution in [-0.2, 0) is 17.9 Å². The number of nitrogens with zero attached hydrogens (tertiary/aromatic N) is 6. The standard InChI is InChI=1S/C18H24N6O3/c1-4-8-22(5-2)15-7-6-13(9-19-15)17(25)24-11-16-21-20-12(3)23(16)10-14(24)18(26)27/h6-7,9,14H,4-5,8,10-11H2,1-3H3,(H,26,27). The zero-order chi connectivity index (χ0) is 19.6. The van der Waals surface area contributed by atoms with E-state index >= 15 is 0 Å². The average molecular weight is 372 g/mol. The minimum absolute atomic E-state index is 0.106. The van der Waals surface area contributed by atoms with Crippen molar-refractivity contribution < 1.29 is 14.7 Å². The normalized spacial score (nSPS) is 16.1. The molecule has 0 spiro atoms. The highest BCUT2D eigenvalue weighted by atomic mass is 16.4. The number of amides is 1. The SMILES string of the molecule is CCCN(CC)c1ccc(C(=O)N2Cc3nnc(C)n3CC2C(=O)O)cn1. The first-order valence-corrected chi connectivity index (χ1v) is 9.09. The predicted molar refractivity (Wildman–Crippen MR) is 98.5 cm³/mol. The molecule has 1 N–H and O–H groups in total. The van der Waals surface area contributed by atoms with Crippen molar-refractivity contribution in [2.75, 3.05) is 18.0 Å². The van der Waals surface area contributed by atoms with Crippen LogP contribution in [0.3, 0.4) is 0 Å². The summed E-state index contributed by atoms with van der Waals surface area (Å²) in [5.74, 6) is 0.617. The number of carboxylic acid groups (broad SMARTS) is 1. The van der Waals surface area contributed by atoms with Gasteiger partial charge in [-0.05, 0) is 32.4 Å². The Labute approximate surface area is 157 Å². The van der Waals surface area contributed by atoms with E-state index in [1.807, 2.05) is 0 Å². The van der Waals surface area contributed by atoms with Gasteiger partial charge in [-0.2, -0.15) is 0 Å². The number of aliphatic carboxylic acids is 1. The van der Waals surface area contributed by atoms with Gasteiger partial charge in [0.1, 0.15) is 17.7 Å². The largest absolute Gasteiger partial charge is 0.480 e. The maximum absolute atomic E-state index is 13.0. The van der Waals surface area contributed by atoms with Crippen LogP contribution in [0.1, 0.15) is 42.3 Å². The molecule has 3 heterocycles. The summed E-state index contributed by atoms with van der Waals surface area (Å²) in [5, 5.41) is 17.6. The number of fused-ring (bicyclic) bond motifs is 1. The van der Waals surface area contributed by atoms with Crippen LogP contribution in [-0.4, -0.2) is 60.8 Å². The Hall–Kier alpha value is -2.97. The summed E-state index contributed by atoms with van der Waals surface area (Å²) in [4.78, 5) is 32.5. The summed E-state index contributed by atoms with van der Waals surface area (Å²) in [6.45, 7) is 7.89. The Kier molecular flexibility index (Phi) is 5.38. The second kappa shape index (κ2) is 7.73. The molecule has 0 aromatic carbocycles. The molecule has 1 unspecified atom stereocenters. The zero-order valence-electron chi connectivity index (χ0n) is 15.8. The fraction of sp³-hybridized carbons (Fsp3) is 0.500. The molecular formula is C18H24N6O3. The molecule has 9 heteroatoms. The van der Waals surface area contributed by atoms with E-state index in [4.69, 9.17) is 0 Å². The van der Waals surface area contributed by atoms with Crippen LogP contribution >= 0.6 is 0 Å². The Bertz CT molecular complexity index is 832. The number of carbonyl (C=O) groups is 2. The van der Waals surface area contributed by atoms with Gasteiger partial charge in [0.2, 0.25) is 0 Å². The number of carboxylic acids is 1. The van der Waals surface area contributed by atoms with Crippen LogP contribution in [0.15, 0.2) is 18.3 Å². The van der Waals surface area contributed by atoms with E-state index in [1.54, 1.807) is 23.6 Å². The lowest BCUT2D eigenvalue weighted by Gasteiger charge is -2.33. The summed E-state index contributed by atoms with van der Waals surface area (Å²) < 4.78 is 1.74. The third-order valence-electron chi connectivity index (χ3n) is 4.80. The molecule has 0 aliphatic carbocycles. The number of hydrogen-bond donors (Lipinski definition) is 1. The summed E-state index contributed by atoms with van der Waals surface area (Å²) in [6, 6.07) is 2.54. The number of aromatic nitrogens is 4. The Morgan fingerprint density at radius 2 is 2.07 bits per heavy atom. The average Bonchev–Trinajstić information content (AvgIpc) is 3.05. The molecule has 0 fully saturated rings. The Morgan fingerprint density at radius 3 is 2.67 bits per heavy atom. The van der Waals surface area contributed by atoms with Crippen molar-refractivity contribution in [2.24, 2.45) is 0 Å². The summed E-state index contributed by atoms with van der Waals surface area (Å²) >= 11 is 0. The maximum atomic E-state index is 13.0. The first-order valence-electron chi connectivity index (χ1n) is 9.09. The van der Waals surface area contributed by atoms with Gasteiger partial charge >= 0.3 is 5.97 Å². The van der Waals surface area contributed by atoms with Crippen LogP contribution in [0.4, 0.5) is 5.82 Å². The van der Waals surface area contributed by atoms with Crippen molar-refractivity contribution in [1.82, 2.24) is 24.6 Å². The van der Waals surface area contributed by atoms with Gasteiger partial charge in [0.25, 0.3) is 5.91 Å². The van der Waals surface area contributed by atoms with Gasteiger partial charge in [0, 0.05) is 19.3 Å². The first kappa shape index (κ1) is 18.8. The van der Waals surface area contributed by atoms with E-state index in [0.29, 0.717) is 17.2 Å². The van der Waals surface area contributed by atoms with Crippen molar-refractivity contribution in [2.45, 2.75) is 46.3 Å². The van der Waals surface area contributed by atoms with Crippen LogP contribution in [0, 0.1) is 6.92 Å². The molecule has 0 radical (unpaired) electrons. The van der Waals surface area contributed by atoms with Crippen LogP contribution < -0.4 is 4.90 Å². The van der Waals surface area contributed by atoms with Gasteiger partial charge in [-0.1, -0.05) is 6.92 Å². The van der Waals surface area contributed by atoms with Gasteiger partial charge in [0.15, 0.2) is 5.82 Å². The van der Waals surface area contributed by atoms with E-state index in [1.165, 1.54) is 11.1 Å². The van der Waals surface area contributed by atoms with Crippen LogP contribution in [0.5, 0.6) is 0 Å². The molecule has 2 aromatic rings. The lowest BCUT2D eigenvalue weighted by Crippen LogP contribution is -2.50. The highest BCUT2D eigenvalue weighted by Gasteiger charge is 2.36. The van der Waals surface area contributed by atoms with Gasteiger partial charge in [-0.25, -0.2) is 9.78 Å². The molecule has 0 saturated heterocycles. The van der Waals surface area contributed by atoms with Gasteiger partial charge < -0.3 is 19.5 Å². The maximum Gasteiger partial charge on any atom is 0.328 e. The van der Waals surface area contributed by atoms with Gasteiger partial charge in [0.05, 0.1) is 18.7 Å². The number of rotatable bonds is 6. The Balaban J connectivity index is 1.84. The number of aryl methyl sites for hydroxylation is 1. The van der Waals surface area contributed by atoms with Crippen LogP contribution in [0.25, 0.3) is 0 Å². The minimum Gasteiger partial charge on any atom is -0.480 e. The highest BCUT2D eigenvalue weighted by Crippen LogP contribution is 2.21. The van der Waals surface area contributed by atoms with Gasteiger partial charge in [-0.3, -0.25) is 4.79 Å². The molecule has 0 bridgehead atoms. The van der Waals surface area contributed by atoms with E-state index in [2.05, 4.69) is 33.9 Å². The molecule has 0 saturated carbocycles. The minimum atomic E-state index is -1.05. The first-order chi connectivity index (χ1) is 13.0. The lowest BCUT2D eigenvalue weighted by atomic mass is 10.1. The highest BCUT2D eigenvalue weighted by molar-refractivity contribution is 5.96. The van der Waals surface area contributed by atoms with Crippen molar-refractivity contribution in [3.05, 3.63) is 35.5 Å². The van der Waals surface area contributed by atoms with Crippen molar-refractivity contribution in [3.63, 3.8) is 0 Å². The lowest BCUT2D eigenvalue weighted by molar-refractivity contribution is -0.143. The summed E-state index contributed by atoms with van der Waals surface area (Å²) in [6.07, 6.45) is 2.52. The molecule has 1 amide bonds. The summed E-state index contributed by atoms with van der Waals surface area (Å²) in [7, 11) is 0. The molecule has 1 aliphatic heterocycles. The molecule has 3 rings (SSSR count). The number of anilines is 1. The summed E-state index contributed by atoms with van der Waals surface area (Å²) in [5.41, 5.74) is 0.363.